The lowest BCUT2D eigenvalue weighted by Crippen LogP contribution is -2.17. The largest absolute Gasteiger partial charge is 0.493 e. The number of nitrogens with one attached hydrogen (secondary N) is 2. The highest BCUT2D eigenvalue weighted by atomic mass is 79.9. The van der Waals surface area contributed by atoms with Crippen molar-refractivity contribution in [2.24, 2.45) is 0 Å². The van der Waals surface area contributed by atoms with E-state index in [1.54, 1.807) is 30.3 Å². The van der Waals surface area contributed by atoms with Gasteiger partial charge in [0.1, 0.15) is 5.75 Å². The number of carbonyl (C=O) groups excluding carboxylic acids is 1. The topological polar surface area (TPSA) is 84.5 Å². The number of sulfonamides is 1. The number of ether oxygens (including phenoxy) is 1. The molecule has 0 saturated carbocycles. The molecule has 0 heterocycles. The van der Waals surface area contributed by atoms with Crippen molar-refractivity contribution in [2.75, 3.05) is 22.9 Å². The molecule has 0 aliphatic rings. The first-order valence-corrected chi connectivity index (χ1v) is 9.77. The van der Waals surface area contributed by atoms with Crippen LogP contribution in [0.15, 0.2) is 53.0 Å². The van der Waals surface area contributed by atoms with Gasteiger partial charge in [0.05, 0.1) is 30.7 Å². The van der Waals surface area contributed by atoms with Crippen molar-refractivity contribution in [3.8, 4) is 5.75 Å². The number of hydrogen-bond acceptors (Lipinski definition) is 4. The van der Waals surface area contributed by atoms with Crippen LogP contribution in [0, 0.1) is 0 Å². The Morgan fingerprint density at radius 2 is 1.83 bits per heavy atom. The summed E-state index contributed by atoms with van der Waals surface area (Å²) in [5.41, 5.74) is 0.719. The van der Waals surface area contributed by atoms with Gasteiger partial charge >= 0.3 is 0 Å². The van der Waals surface area contributed by atoms with Gasteiger partial charge in [-0.3, -0.25) is 9.52 Å². The van der Waals surface area contributed by atoms with Crippen LogP contribution in [0.2, 0.25) is 0 Å². The van der Waals surface area contributed by atoms with Crippen molar-refractivity contribution in [1.82, 2.24) is 0 Å². The molecule has 128 valence electrons. The normalized spacial score (nSPS) is 10.9. The van der Waals surface area contributed by atoms with Gasteiger partial charge < -0.3 is 10.1 Å². The molecule has 0 fully saturated rings. The Bertz CT molecular complexity index is 824. The van der Waals surface area contributed by atoms with Gasteiger partial charge in [-0.15, -0.1) is 0 Å². The maximum atomic E-state index is 12.0. The second-order valence-corrected chi connectivity index (χ2v) is 7.69. The molecule has 0 aromatic heterocycles. The zero-order valence-corrected chi connectivity index (χ0v) is 15.4. The quantitative estimate of drug-likeness (QED) is 0.730. The molecule has 2 aromatic carbocycles. The second-order valence-electron chi connectivity index (χ2n) is 5.02. The van der Waals surface area contributed by atoms with Gasteiger partial charge in [-0.1, -0.05) is 34.1 Å². The summed E-state index contributed by atoms with van der Waals surface area (Å²) in [6, 6.07) is 13.9. The van der Waals surface area contributed by atoms with Gasteiger partial charge in [0.15, 0.2) is 0 Å². The van der Waals surface area contributed by atoms with Crippen LogP contribution in [0.5, 0.6) is 5.75 Å². The van der Waals surface area contributed by atoms with Crippen molar-refractivity contribution in [3.05, 3.63) is 53.0 Å². The number of rotatable bonds is 7. The van der Waals surface area contributed by atoms with Crippen molar-refractivity contribution in [3.63, 3.8) is 0 Å². The fraction of sp³-hybridized carbons (Fsp3) is 0.188. The Hall–Kier alpha value is -2.06. The minimum Gasteiger partial charge on any atom is -0.493 e. The van der Waals surface area contributed by atoms with Gasteiger partial charge in [0.25, 0.3) is 0 Å². The van der Waals surface area contributed by atoms with E-state index in [0.717, 1.165) is 10.7 Å². The van der Waals surface area contributed by atoms with Crippen LogP contribution in [0.1, 0.15) is 6.42 Å². The molecule has 0 saturated heterocycles. The van der Waals surface area contributed by atoms with Crippen molar-refractivity contribution in [1.29, 1.82) is 0 Å². The minimum absolute atomic E-state index is 0.139. The number of anilines is 2. The maximum Gasteiger partial charge on any atom is 0.229 e. The molecular weight excluding hydrogens is 396 g/mol. The van der Waals surface area contributed by atoms with Gasteiger partial charge in [0.2, 0.25) is 15.9 Å². The molecule has 2 rings (SSSR count). The molecule has 0 aliphatic heterocycles. The molecule has 0 aliphatic carbocycles. The van der Waals surface area contributed by atoms with E-state index in [2.05, 4.69) is 26.0 Å². The molecular formula is C16H17BrN2O4S. The Labute approximate surface area is 149 Å². The molecule has 0 bridgehead atoms. The summed E-state index contributed by atoms with van der Waals surface area (Å²) in [5, 5.41) is 2.68. The number of para-hydroxylation sites is 2. The van der Waals surface area contributed by atoms with E-state index in [1.807, 2.05) is 18.2 Å². The Balaban J connectivity index is 1.91. The van der Waals surface area contributed by atoms with E-state index in [-0.39, 0.29) is 18.9 Å². The molecule has 0 unspecified atom stereocenters. The zero-order chi connectivity index (χ0) is 17.6. The average Bonchev–Trinajstić information content (AvgIpc) is 2.48. The summed E-state index contributed by atoms with van der Waals surface area (Å²) < 4.78 is 31.5. The number of amides is 1. The molecule has 2 N–H and O–H groups in total. The van der Waals surface area contributed by atoms with E-state index in [4.69, 9.17) is 4.74 Å². The highest BCUT2D eigenvalue weighted by molar-refractivity contribution is 9.10. The van der Waals surface area contributed by atoms with Crippen molar-refractivity contribution < 1.29 is 17.9 Å². The van der Waals surface area contributed by atoms with E-state index >= 15 is 0 Å². The summed E-state index contributed by atoms with van der Waals surface area (Å²) in [4.78, 5) is 12.0. The zero-order valence-electron chi connectivity index (χ0n) is 13.0. The molecule has 2 aromatic rings. The molecule has 24 heavy (non-hydrogen) atoms. The molecule has 6 nitrogen and oxygen atoms in total. The fourth-order valence-corrected chi connectivity index (χ4v) is 2.87. The molecule has 0 radical (unpaired) electrons. The standard InChI is InChI=1S/C16H17BrN2O4S/c1-24(21,22)19-15-8-3-2-7-14(15)18-16(20)9-10-23-13-6-4-5-12(17)11-13/h2-8,11,19H,9-10H2,1H3,(H,18,20). The number of halogens is 1. The van der Waals surface area contributed by atoms with E-state index in [0.29, 0.717) is 17.1 Å². The summed E-state index contributed by atoms with van der Waals surface area (Å²) in [6.07, 6.45) is 1.19. The van der Waals surface area contributed by atoms with Gasteiger partial charge in [0, 0.05) is 4.47 Å². The first-order valence-electron chi connectivity index (χ1n) is 7.08. The molecule has 8 heteroatoms. The monoisotopic (exact) mass is 412 g/mol. The minimum atomic E-state index is -3.42. The van der Waals surface area contributed by atoms with Crippen LogP contribution in [-0.2, 0) is 14.8 Å². The third-order valence-electron chi connectivity index (χ3n) is 2.89. The smallest absolute Gasteiger partial charge is 0.229 e. The van der Waals surface area contributed by atoms with Crippen LogP contribution in [0.25, 0.3) is 0 Å². The highest BCUT2D eigenvalue weighted by Gasteiger charge is 2.10. The van der Waals surface area contributed by atoms with Crippen molar-refractivity contribution in [2.45, 2.75) is 6.42 Å². The second kappa shape index (κ2) is 8.16. The highest BCUT2D eigenvalue weighted by Crippen LogP contribution is 2.22. The van der Waals surface area contributed by atoms with Gasteiger partial charge in [-0.05, 0) is 30.3 Å². The lowest BCUT2D eigenvalue weighted by molar-refractivity contribution is -0.116. The summed E-state index contributed by atoms with van der Waals surface area (Å²) in [7, 11) is -3.42. The van der Waals surface area contributed by atoms with Crippen LogP contribution < -0.4 is 14.8 Å². The first-order chi connectivity index (χ1) is 11.3. The van der Waals surface area contributed by atoms with E-state index in [1.165, 1.54) is 0 Å². The Kier molecular flexibility index (Phi) is 6.22. The molecule has 1 amide bonds. The lowest BCUT2D eigenvalue weighted by atomic mass is 10.2. The molecule has 0 spiro atoms. The fourth-order valence-electron chi connectivity index (χ4n) is 1.91. The predicted molar refractivity (Wildman–Crippen MR) is 97.8 cm³/mol. The first kappa shape index (κ1) is 18.3. The average molecular weight is 413 g/mol. The third-order valence-corrected chi connectivity index (χ3v) is 3.97. The number of hydrogen-bond donors (Lipinski definition) is 2. The van der Waals surface area contributed by atoms with Gasteiger partial charge in [-0.2, -0.15) is 0 Å². The number of benzene rings is 2. The lowest BCUT2D eigenvalue weighted by Gasteiger charge is -2.12. The van der Waals surface area contributed by atoms with Crippen LogP contribution in [-0.4, -0.2) is 27.2 Å². The maximum absolute atomic E-state index is 12.0. The van der Waals surface area contributed by atoms with Gasteiger partial charge in [-0.25, -0.2) is 8.42 Å². The van der Waals surface area contributed by atoms with Crippen LogP contribution in [0.3, 0.4) is 0 Å². The molecule has 0 atom stereocenters. The van der Waals surface area contributed by atoms with E-state index in [9.17, 15) is 13.2 Å². The summed E-state index contributed by atoms with van der Waals surface area (Å²) in [5.74, 6) is 0.393. The Morgan fingerprint density at radius 3 is 2.50 bits per heavy atom. The Morgan fingerprint density at radius 1 is 1.12 bits per heavy atom. The van der Waals surface area contributed by atoms with E-state index < -0.39 is 10.0 Å². The summed E-state index contributed by atoms with van der Waals surface area (Å²) >= 11 is 3.34. The SMILES string of the molecule is CS(=O)(=O)Nc1ccccc1NC(=O)CCOc1cccc(Br)c1. The van der Waals surface area contributed by atoms with Crippen molar-refractivity contribution >= 4 is 43.2 Å². The van der Waals surface area contributed by atoms with Crippen LogP contribution in [0.4, 0.5) is 11.4 Å². The number of carbonyl (C=O) groups is 1. The van der Waals surface area contributed by atoms with Crippen LogP contribution >= 0.6 is 15.9 Å². The third kappa shape index (κ3) is 6.21. The summed E-state index contributed by atoms with van der Waals surface area (Å²) in [6.45, 7) is 0.212. The predicted octanol–water partition coefficient (Wildman–Crippen LogP) is 3.23.